The zero-order valence-electron chi connectivity index (χ0n) is 12.7. The number of nitrogens with zero attached hydrogens (tertiary/aromatic N) is 2. The van der Waals surface area contributed by atoms with Gasteiger partial charge in [-0.15, -0.1) is 11.3 Å². The van der Waals surface area contributed by atoms with Gasteiger partial charge in [-0.25, -0.2) is 9.97 Å². The van der Waals surface area contributed by atoms with Gasteiger partial charge in [0.1, 0.15) is 6.10 Å². The number of hydrogen-bond acceptors (Lipinski definition) is 5. The molecule has 3 rings (SSSR count). The summed E-state index contributed by atoms with van der Waals surface area (Å²) in [7, 11) is 0. The van der Waals surface area contributed by atoms with Gasteiger partial charge in [-0.2, -0.15) is 0 Å². The van der Waals surface area contributed by atoms with Crippen LogP contribution in [0.2, 0.25) is 0 Å². The van der Waals surface area contributed by atoms with E-state index in [1.807, 2.05) is 5.38 Å². The minimum Gasteiger partial charge on any atom is -0.474 e. The Morgan fingerprint density at radius 1 is 1.45 bits per heavy atom. The quantitative estimate of drug-likeness (QED) is 0.910. The standard InChI is InChI=1S/C16H19N3O2S/c1-10(2)13-9-22-16(18-13)19-15(20)11-6-7-17-14(8-11)21-12-4-3-5-12/h6-10,12H,3-5H2,1-2H3,(H,18,19,20). The summed E-state index contributed by atoms with van der Waals surface area (Å²) in [5.41, 5.74) is 1.52. The Hall–Kier alpha value is -1.95. The summed E-state index contributed by atoms with van der Waals surface area (Å²) in [6, 6.07) is 3.37. The van der Waals surface area contributed by atoms with E-state index < -0.39 is 0 Å². The minimum absolute atomic E-state index is 0.189. The third-order valence-electron chi connectivity index (χ3n) is 3.67. The molecule has 1 saturated carbocycles. The lowest BCUT2D eigenvalue weighted by Gasteiger charge is -2.25. The fourth-order valence-corrected chi connectivity index (χ4v) is 2.92. The van der Waals surface area contributed by atoms with Crippen molar-refractivity contribution in [3.05, 3.63) is 35.0 Å². The summed E-state index contributed by atoms with van der Waals surface area (Å²) in [6.45, 7) is 4.15. The monoisotopic (exact) mass is 317 g/mol. The molecule has 1 fully saturated rings. The van der Waals surface area contributed by atoms with Crippen LogP contribution in [0.15, 0.2) is 23.7 Å². The van der Waals surface area contributed by atoms with Crippen molar-refractivity contribution in [2.75, 3.05) is 5.32 Å². The highest BCUT2D eigenvalue weighted by Gasteiger charge is 2.20. The van der Waals surface area contributed by atoms with E-state index in [9.17, 15) is 4.79 Å². The molecule has 0 unspecified atom stereocenters. The Balaban J connectivity index is 1.66. The maximum absolute atomic E-state index is 12.3. The Morgan fingerprint density at radius 3 is 2.91 bits per heavy atom. The minimum atomic E-state index is -0.189. The molecule has 116 valence electrons. The second-order valence-corrected chi connectivity index (χ2v) is 6.60. The van der Waals surface area contributed by atoms with Gasteiger partial charge in [0.15, 0.2) is 5.13 Å². The number of amides is 1. The molecule has 2 aromatic rings. The number of nitrogens with one attached hydrogen (secondary N) is 1. The van der Waals surface area contributed by atoms with Crippen LogP contribution in [0, 0.1) is 0 Å². The average molecular weight is 317 g/mol. The van der Waals surface area contributed by atoms with Crippen LogP contribution in [0.5, 0.6) is 5.88 Å². The van der Waals surface area contributed by atoms with E-state index in [4.69, 9.17) is 4.74 Å². The Labute approximate surface area is 133 Å². The molecular formula is C16H19N3O2S. The average Bonchev–Trinajstić information content (AvgIpc) is 2.92. The second-order valence-electron chi connectivity index (χ2n) is 5.74. The molecule has 0 aliphatic heterocycles. The molecule has 0 spiro atoms. The predicted octanol–water partition coefficient (Wildman–Crippen LogP) is 3.85. The van der Waals surface area contributed by atoms with Crippen LogP contribution in [0.3, 0.4) is 0 Å². The number of ether oxygens (including phenoxy) is 1. The lowest BCUT2D eigenvalue weighted by molar-refractivity contribution is 0.101. The molecule has 0 atom stereocenters. The summed E-state index contributed by atoms with van der Waals surface area (Å²) in [6.07, 6.45) is 5.18. The molecule has 1 amide bonds. The Morgan fingerprint density at radius 2 is 2.27 bits per heavy atom. The normalized spacial score (nSPS) is 14.7. The molecule has 0 aromatic carbocycles. The Kier molecular flexibility index (Phi) is 4.38. The van der Waals surface area contributed by atoms with Crippen LogP contribution in [-0.2, 0) is 0 Å². The van der Waals surface area contributed by atoms with Crippen molar-refractivity contribution >= 4 is 22.4 Å². The van der Waals surface area contributed by atoms with Crippen molar-refractivity contribution in [2.45, 2.75) is 45.1 Å². The van der Waals surface area contributed by atoms with Gasteiger partial charge < -0.3 is 4.74 Å². The first kappa shape index (κ1) is 15.0. The first-order valence-corrected chi connectivity index (χ1v) is 8.39. The van der Waals surface area contributed by atoms with Gasteiger partial charge in [0.05, 0.1) is 5.69 Å². The number of carbonyl (C=O) groups excluding carboxylic acids is 1. The van der Waals surface area contributed by atoms with Crippen molar-refractivity contribution in [2.24, 2.45) is 0 Å². The first-order valence-electron chi connectivity index (χ1n) is 7.51. The molecule has 1 aliphatic rings. The van der Waals surface area contributed by atoms with Crippen LogP contribution in [0.1, 0.15) is 55.1 Å². The number of thiazole rings is 1. The van der Waals surface area contributed by atoms with Crippen LogP contribution < -0.4 is 10.1 Å². The highest BCUT2D eigenvalue weighted by atomic mass is 32.1. The number of aromatic nitrogens is 2. The van der Waals surface area contributed by atoms with Gasteiger partial charge in [0, 0.05) is 23.2 Å². The van der Waals surface area contributed by atoms with Crippen molar-refractivity contribution in [3.63, 3.8) is 0 Å². The molecule has 0 bridgehead atoms. The van der Waals surface area contributed by atoms with E-state index in [1.54, 1.807) is 18.3 Å². The summed E-state index contributed by atoms with van der Waals surface area (Å²) in [5, 5.41) is 5.41. The van der Waals surface area contributed by atoms with Crippen molar-refractivity contribution in [1.29, 1.82) is 0 Å². The van der Waals surface area contributed by atoms with Gasteiger partial charge in [0.25, 0.3) is 5.91 Å². The summed E-state index contributed by atoms with van der Waals surface area (Å²) < 4.78 is 5.72. The highest BCUT2D eigenvalue weighted by Crippen LogP contribution is 2.25. The smallest absolute Gasteiger partial charge is 0.257 e. The molecule has 2 aromatic heterocycles. The summed E-state index contributed by atoms with van der Waals surface area (Å²) in [5.74, 6) is 0.676. The lowest BCUT2D eigenvalue weighted by atomic mass is 9.96. The number of pyridine rings is 1. The maximum Gasteiger partial charge on any atom is 0.257 e. The number of carbonyl (C=O) groups is 1. The molecule has 6 heteroatoms. The third kappa shape index (κ3) is 3.44. The third-order valence-corrected chi connectivity index (χ3v) is 4.45. The zero-order valence-corrected chi connectivity index (χ0v) is 13.5. The van der Waals surface area contributed by atoms with Gasteiger partial charge in [-0.05, 0) is 31.2 Å². The summed E-state index contributed by atoms with van der Waals surface area (Å²) in [4.78, 5) is 20.9. The van der Waals surface area contributed by atoms with Gasteiger partial charge in [0.2, 0.25) is 5.88 Å². The molecule has 22 heavy (non-hydrogen) atoms. The molecule has 0 saturated heterocycles. The van der Waals surface area contributed by atoms with E-state index in [-0.39, 0.29) is 12.0 Å². The van der Waals surface area contributed by atoms with Crippen molar-refractivity contribution in [1.82, 2.24) is 9.97 Å². The molecular weight excluding hydrogens is 298 g/mol. The fourth-order valence-electron chi connectivity index (χ4n) is 2.05. The Bertz CT molecular complexity index is 665. The number of rotatable bonds is 5. The van der Waals surface area contributed by atoms with E-state index in [1.165, 1.54) is 17.8 Å². The van der Waals surface area contributed by atoms with E-state index in [2.05, 4.69) is 29.1 Å². The van der Waals surface area contributed by atoms with Gasteiger partial charge in [-0.3, -0.25) is 10.1 Å². The van der Waals surface area contributed by atoms with Gasteiger partial charge >= 0.3 is 0 Å². The van der Waals surface area contributed by atoms with E-state index in [0.717, 1.165) is 18.5 Å². The first-order chi connectivity index (χ1) is 10.6. The molecule has 2 heterocycles. The molecule has 1 N–H and O–H groups in total. The molecule has 1 aliphatic carbocycles. The lowest BCUT2D eigenvalue weighted by Crippen LogP contribution is -2.25. The van der Waals surface area contributed by atoms with Crippen LogP contribution >= 0.6 is 11.3 Å². The number of hydrogen-bond donors (Lipinski definition) is 1. The molecule has 0 radical (unpaired) electrons. The van der Waals surface area contributed by atoms with Crippen LogP contribution in [0.4, 0.5) is 5.13 Å². The van der Waals surface area contributed by atoms with Crippen molar-refractivity contribution < 1.29 is 9.53 Å². The van der Waals surface area contributed by atoms with E-state index in [0.29, 0.717) is 22.5 Å². The topological polar surface area (TPSA) is 64.1 Å². The second kappa shape index (κ2) is 6.44. The largest absolute Gasteiger partial charge is 0.474 e. The van der Waals surface area contributed by atoms with Crippen LogP contribution in [0.25, 0.3) is 0 Å². The zero-order chi connectivity index (χ0) is 15.5. The van der Waals surface area contributed by atoms with Crippen molar-refractivity contribution in [3.8, 4) is 5.88 Å². The highest BCUT2D eigenvalue weighted by molar-refractivity contribution is 7.14. The van der Waals surface area contributed by atoms with Crippen LogP contribution in [-0.4, -0.2) is 22.0 Å². The summed E-state index contributed by atoms with van der Waals surface area (Å²) >= 11 is 1.44. The SMILES string of the molecule is CC(C)c1csc(NC(=O)c2ccnc(OC3CCC3)c2)n1. The fraction of sp³-hybridized carbons (Fsp3) is 0.438. The van der Waals surface area contributed by atoms with Gasteiger partial charge in [-0.1, -0.05) is 13.8 Å². The maximum atomic E-state index is 12.3. The van der Waals surface area contributed by atoms with E-state index >= 15 is 0 Å². The predicted molar refractivity (Wildman–Crippen MR) is 86.7 cm³/mol. The molecule has 5 nitrogen and oxygen atoms in total. The number of anilines is 1.